The molecular weight excluding hydrogens is 316 g/mol. The molecule has 0 atom stereocenters. The number of benzene rings is 1. The Morgan fingerprint density at radius 2 is 1.84 bits per heavy atom. The van der Waals surface area contributed by atoms with Gasteiger partial charge in [0.25, 0.3) is 0 Å². The van der Waals surface area contributed by atoms with Gasteiger partial charge in [-0.2, -0.15) is 0 Å². The van der Waals surface area contributed by atoms with Crippen LogP contribution in [0.3, 0.4) is 0 Å². The molecule has 134 valence electrons. The van der Waals surface area contributed by atoms with Gasteiger partial charge < -0.3 is 4.90 Å². The highest BCUT2D eigenvalue weighted by Crippen LogP contribution is 2.11. The molecule has 0 saturated carbocycles. The van der Waals surface area contributed by atoms with Gasteiger partial charge in [-0.1, -0.05) is 31.2 Å². The summed E-state index contributed by atoms with van der Waals surface area (Å²) >= 11 is 0. The Hall–Kier alpha value is -2.28. The predicted molar refractivity (Wildman–Crippen MR) is 94.6 cm³/mol. The van der Waals surface area contributed by atoms with Crippen molar-refractivity contribution in [2.24, 2.45) is 0 Å². The number of carbonyl (C=O) groups is 1. The first-order chi connectivity index (χ1) is 12.2. The van der Waals surface area contributed by atoms with E-state index in [4.69, 9.17) is 0 Å². The minimum atomic E-state index is 0.00883. The number of rotatable bonds is 7. The summed E-state index contributed by atoms with van der Waals surface area (Å²) in [5, 5.41) is 11.8. The minimum absolute atomic E-state index is 0.00883. The molecule has 7 heteroatoms. The van der Waals surface area contributed by atoms with Crippen LogP contribution in [0.5, 0.6) is 0 Å². The van der Waals surface area contributed by atoms with E-state index in [0.717, 1.165) is 30.9 Å². The largest absolute Gasteiger partial charge is 0.340 e. The van der Waals surface area contributed by atoms with Gasteiger partial charge in [0.05, 0.1) is 6.54 Å². The Bertz CT molecular complexity index is 690. The molecule has 0 spiro atoms. The fourth-order valence-corrected chi connectivity index (χ4v) is 3.09. The summed E-state index contributed by atoms with van der Waals surface area (Å²) in [7, 11) is 1.82. The van der Waals surface area contributed by atoms with E-state index >= 15 is 0 Å². The van der Waals surface area contributed by atoms with Crippen LogP contribution >= 0.6 is 0 Å². The van der Waals surface area contributed by atoms with Crippen molar-refractivity contribution in [1.29, 1.82) is 0 Å². The van der Waals surface area contributed by atoms with Gasteiger partial charge in [0.1, 0.15) is 6.54 Å². The van der Waals surface area contributed by atoms with Crippen LogP contribution in [-0.2, 0) is 30.8 Å². The first-order valence-electron chi connectivity index (χ1n) is 8.95. The number of likely N-dealkylation sites (N-methyl/N-ethyl adjacent to an activating group) is 1. The third-order valence-corrected chi connectivity index (χ3v) is 4.73. The van der Waals surface area contributed by atoms with Gasteiger partial charge >= 0.3 is 0 Å². The normalized spacial score (nSPS) is 14.8. The highest BCUT2D eigenvalue weighted by molar-refractivity contribution is 5.75. The zero-order chi connectivity index (χ0) is 17.6. The Morgan fingerprint density at radius 1 is 1.16 bits per heavy atom. The van der Waals surface area contributed by atoms with Crippen LogP contribution in [0.15, 0.2) is 24.3 Å². The number of likely N-dealkylation sites (tertiary alicyclic amines) is 1. The van der Waals surface area contributed by atoms with Crippen molar-refractivity contribution >= 4 is 5.91 Å². The Kier molecular flexibility index (Phi) is 5.75. The average molecular weight is 342 g/mol. The van der Waals surface area contributed by atoms with Crippen LogP contribution in [0.2, 0.25) is 0 Å². The second-order valence-electron chi connectivity index (χ2n) is 6.66. The topological polar surface area (TPSA) is 67.2 Å². The highest BCUT2D eigenvalue weighted by Gasteiger charge is 2.18. The summed E-state index contributed by atoms with van der Waals surface area (Å²) in [4.78, 5) is 16.6. The van der Waals surface area contributed by atoms with E-state index < -0.39 is 0 Å². The Balaban J connectivity index is 1.56. The van der Waals surface area contributed by atoms with Crippen LogP contribution in [0.1, 0.15) is 36.7 Å². The average Bonchev–Trinajstić information content (AvgIpc) is 3.28. The highest BCUT2D eigenvalue weighted by atomic mass is 16.2. The van der Waals surface area contributed by atoms with Crippen molar-refractivity contribution in [1.82, 2.24) is 30.0 Å². The zero-order valence-corrected chi connectivity index (χ0v) is 15.1. The molecule has 1 aromatic carbocycles. The molecule has 1 aromatic heterocycles. The number of carbonyl (C=O) groups excluding carboxylic acids is 1. The minimum Gasteiger partial charge on any atom is -0.340 e. The lowest BCUT2D eigenvalue weighted by molar-refractivity contribution is -0.131. The molecule has 0 bridgehead atoms. The second kappa shape index (κ2) is 8.20. The lowest BCUT2D eigenvalue weighted by atomic mass is 10.1. The molecule has 1 aliphatic rings. The van der Waals surface area contributed by atoms with Crippen molar-refractivity contribution < 1.29 is 4.79 Å². The van der Waals surface area contributed by atoms with Crippen LogP contribution in [0.25, 0.3) is 0 Å². The molecule has 0 unspecified atom stereocenters. The molecule has 2 heterocycles. The molecule has 1 amide bonds. The lowest BCUT2D eigenvalue weighted by Crippen LogP contribution is -2.31. The molecule has 0 radical (unpaired) electrons. The van der Waals surface area contributed by atoms with Gasteiger partial charge in [0.2, 0.25) is 5.91 Å². The smallest absolute Gasteiger partial charge is 0.244 e. The third kappa shape index (κ3) is 4.63. The van der Waals surface area contributed by atoms with Crippen molar-refractivity contribution in [2.45, 2.75) is 45.8 Å². The number of nitrogens with zero attached hydrogens (tertiary/aromatic N) is 6. The standard InChI is InChI=1S/C18H26N6O/c1-3-15-6-8-16(9-7-15)12-22(2)18(25)14-24-17(19-20-21-24)13-23-10-4-5-11-23/h6-9H,3-5,10-14H2,1-2H3. The van der Waals surface area contributed by atoms with Gasteiger partial charge in [-0.3, -0.25) is 9.69 Å². The van der Waals surface area contributed by atoms with Gasteiger partial charge in [-0.15, -0.1) is 5.10 Å². The number of tetrazole rings is 1. The maximum Gasteiger partial charge on any atom is 0.244 e. The molecular formula is C18H26N6O. The van der Waals surface area contributed by atoms with Crippen LogP contribution < -0.4 is 0 Å². The van der Waals surface area contributed by atoms with E-state index in [1.165, 1.54) is 18.4 Å². The van der Waals surface area contributed by atoms with Gasteiger partial charge in [0.15, 0.2) is 5.82 Å². The summed E-state index contributed by atoms with van der Waals surface area (Å²) in [6.07, 6.45) is 3.47. The van der Waals surface area contributed by atoms with Crippen molar-refractivity contribution in [3.8, 4) is 0 Å². The van der Waals surface area contributed by atoms with E-state index in [1.54, 1.807) is 9.58 Å². The molecule has 1 fully saturated rings. The lowest BCUT2D eigenvalue weighted by Gasteiger charge is -2.18. The molecule has 1 aliphatic heterocycles. The van der Waals surface area contributed by atoms with E-state index in [-0.39, 0.29) is 12.5 Å². The molecule has 25 heavy (non-hydrogen) atoms. The maximum absolute atomic E-state index is 12.5. The Labute approximate surface area is 148 Å². The Morgan fingerprint density at radius 3 is 2.52 bits per heavy atom. The van der Waals surface area contributed by atoms with Crippen molar-refractivity contribution in [3.63, 3.8) is 0 Å². The first-order valence-corrected chi connectivity index (χ1v) is 8.95. The molecule has 0 N–H and O–H groups in total. The zero-order valence-electron chi connectivity index (χ0n) is 15.1. The number of amides is 1. The fourth-order valence-electron chi connectivity index (χ4n) is 3.09. The maximum atomic E-state index is 12.5. The van der Waals surface area contributed by atoms with Crippen molar-refractivity contribution in [2.75, 3.05) is 20.1 Å². The van der Waals surface area contributed by atoms with E-state index in [9.17, 15) is 4.79 Å². The monoisotopic (exact) mass is 342 g/mol. The molecule has 7 nitrogen and oxygen atoms in total. The van der Waals surface area contributed by atoms with E-state index in [2.05, 4.69) is 51.6 Å². The third-order valence-electron chi connectivity index (χ3n) is 4.73. The number of aryl methyl sites for hydroxylation is 1. The summed E-state index contributed by atoms with van der Waals surface area (Å²) in [6.45, 7) is 5.77. The second-order valence-corrected chi connectivity index (χ2v) is 6.66. The molecule has 2 aromatic rings. The van der Waals surface area contributed by atoms with Gasteiger partial charge in [0, 0.05) is 13.6 Å². The molecule has 0 aliphatic carbocycles. The fraction of sp³-hybridized carbons (Fsp3) is 0.556. The van der Waals surface area contributed by atoms with Crippen LogP contribution in [-0.4, -0.2) is 56.1 Å². The number of hydrogen-bond donors (Lipinski definition) is 0. The number of aromatic nitrogens is 4. The summed E-state index contributed by atoms with van der Waals surface area (Å²) in [5.74, 6) is 0.769. The molecule has 3 rings (SSSR count). The first kappa shape index (κ1) is 17.5. The predicted octanol–water partition coefficient (Wildman–Crippen LogP) is 1.49. The summed E-state index contributed by atoms with van der Waals surface area (Å²) < 4.78 is 1.62. The quantitative estimate of drug-likeness (QED) is 0.763. The SMILES string of the molecule is CCc1ccc(CN(C)C(=O)Cn2nnnc2CN2CCCC2)cc1. The summed E-state index contributed by atoms with van der Waals surface area (Å²) in [6, 6.07) is 8.39. The summed E-state index contributed by atoms with van der Waals surface area (Å²) in [5.41, 5.74) is 2.43. The van der Waals surface area contributed by atoms with Gasteiger partial charge in [-0.25, -0.2) is 4.68 Å². The van der Waals surface area contributed by atoms with Crippen LogP contribution in [0, 0.1) is 0 Å². The van der Waals surface area contributed by atoms with E-state index in [0.29, 0.717) is 13.1 Å². The van der Waals surface area contributed by atoms with Gasteiger partial charge in [-0.05, 0) is 53.9 Å². The van der Waals surface area contributed by atoms with Crippen LogP contribution in [0.4, 0.5) is 0 Å². The molecule has 1 saturated heterocycles. The number of hydrogen-bond acceptors (Lipinski definition) is 5. The van der Waals surface area contributed by atoms with Crippen molar-refractivity contribution in [3.05, 3.63) is 41.2 Å². The van der Waals surface area contributed by atoms with E-state index in [1.807, 2.05) is 7.05 Å².